The van der Waals surface area contributed by atoms with Crippen LogP contribution < -0.4 is 10.6 Å². The summed E-state index contributed by atoms with van der Waals surface area (Å²) in [4.78, 5) is 42.7. The van der Waals surface area contributed by atoms with Crippen molar-refractivity contribution in [2.24, 2.45) is 0 Å². The molecule has 0 aromatic rings. The van der Waals surface area contributed by atoms with E-state index < -0.39 is 135 Å². The number of aliphatic hydroxyl groups excluding tert-OH is 13. The molecule has 2 saturated heterocycles. The summed E-state index contributed by atoms with van der Waals surface area (Å²) in [6, 6.07) is -2.36. The lowest BCUT2D eigenvalue weighted by molar-refractivity contribution is -0.295. The summed E-state index contributed by atoms with van der Waals surface area (Å²) in [5.41, 5.74) is 0. The second-order valence-corrected chi connectivity index (χ2v) is 10.7. The quantitative estimate of drug-likeness (QED) is 0.0836. The van der Waals surface area contributed by atoms with Crippen LogP contribution >= 0.6 is 0 Å². The number of aliphatic carboxylic acids is 1. The van der Waals surface area contributed by atoms with Gasteiger partial charge in [-0.15, -0.1) is 0 Å². The van der Waals surface area contributed by atoms with Crippen molar-refractivity contribution in [3.05, 3.63) is 0 Å². The Morgan fingerprint density at radius 2 is 1.33 bits per heavy atom. The molecular formula is C25H46N2O21. The number of hydrogen-bond acceptors (Lipinski definition) is 20. The van der Waals surface area contributed by atoms with E-state index in [-0.39, 0.29) is 6.29 Å². The lowest BCUT2D eigenvalue weighted by Crippen LogP contribution is -2.67. The summed E-state index contributed by atoms with van der Waals surface area (Å²) < 4.78 is 9.68. The van der Waals surface area contributed by atoms with E-state index in [1.807, 2.05) is 0 Å². The average molecular weight is 711 g/mol. The standard InChI is InChI=1S/C11H19NO9.C8H15NO6.C6H12O6/c1-4(14)12-7-5(15)2-11(20,10(18)19)21-9(7)8(17)6(16)3-13;1-3(11)9-5-7(13)6(12)4(2-10)15-8(5)14;7-1-3(9)5(11)6(12)4(10)2-8/h5-9,13,15-17,20H,2-3H2,1H3,(H,12,14)(H,18,19);4-8,10,12-14H,2H2,1H3,(H,9,11);1,3-6,8-12H,2H2/t5-,6+,7+,8+,9+,11?;4-,5-,6+,7-,8?;3-,4+,5+,6-/m010/s1. The van der Waals surface area contributed by atoms with Gasteiger partial charge in [-0.2, -0.15) is 0 Å². The van der Waals surface area contributed by atoms with Crippen LogP contribution in [0.1, 0.15) is 20.3 Å². The van der Waals surface area contributed by atoms with E-state index in [2.05, 4.69) is 10.6 Å². The van der Waals surface area contributed by atoms with Gasteiger partial charge in [-0.1, -0.05) is 0 Å². The Kier molecular flexibility index (Phi) is 19.7. The first-order valence-corrected chi connectivity index (χ1v) is 14.1. The van der Waals surface area contributed by atoms with E-state index >= 15 is 0 Å². The molecular weight excluding hydrogens is 664 g/mol. The molecule has 2 amide bonds. The minimum Gasteiger partial charge on any atom is -0.477 e. The van der Waals surface area contributed by atoms with Crippen molar-refractivity contribution in [2.45, 2.75) is 112 Å². The number of ether oxygens (including phenoxy) is 2. The molecule has 17 N–H and O–H groups in total. The molecule has 0 saturated carbocycles. The number of rotatable bonds is 12. The van der Waals surface area contributed by atoms with Crippen LogP contribution in [0, 0.1) is 0 Å². The molecule has 2 heterocycles. The van der Waals surface area contributed by atoms with E-state index in [0.29, 0.717) is 0 Å². The Balaban J connectivity index is 0.000000723. The van der Waals surface area contributed by atoms with E-state index in [1.54, 1.807) is 0 Å². The highest BCUT2D eigenvalue weighted by molar-refractivity contribution is 5.76. The maximum Gasteiger partial charge on any atom is 0.364 e. The van der Waals surface area contributed by atoms with Crippen LogP contribution in [-0.2, 0) is 28.7 Å². The third-order valence-electron chi connectivity index (χ3n) is 6.90. The van der Waals surface area contributed by atoms with Crippen LogP contribution in [0.5, 0.6) is 0 Å². The second kappa shape index (κ2) is 20.8. The molecule has 0 spiro atoms. The van der Waals surface area contributed by atoms with E-state index in [4.69, 9.17) is 50.3 Å². The minimum absolute atomic E-state index is 0.0258. The molecule has 2 unspecified atom stereocenters. The lowest BCUT2D eigenvalue weighted by atomic mass is 9.88. The zero-order chi connectivity index (χ0) is 37.7. The number of hydrogen-bond donors (Lipinski definition) is 17. The highest BCUT2D eigenvalue weighted by Crippen LogP contribution is 2.30. The fourth-order valence-corrected chi connectivity index (χ4v) is 4.24. The van der Waals surface area contributed by atoms with Crippen molar-refractivity contribution in [1.82, 2.24) is 10.6 Å². The van der Waals surface area contributed by atoms with Crippen LogP contribution in [0.3, 0.4) is 0 Å². The third-order valence-corrected chi connectivity index (χ3v) is 6.90. The molecule has 2 aliphatic rings. The summed E-state index contributed by atoms with van der Waals surface area (Å²) in [7, 11) is 0. The zero-order valence-electron chi connectivity index (χ0n) is 25.6. The van der Waals surface area contributed by atoms with Gasteiger partial charge in [0.05, 0.1) is 32.0 Å². The summed E-state index contributed by atoms with van der Waals surface area (Å²) >= 11 is 0. The van der Waals surface area contributed by atoms with Crippen LogP contribution in [-0.4, -0.2) is 212 Å². The molecule has 2 rings (SSSR count). The van der Waals surface area contributed by atoms with E-state index in [1.165, 1.54) is 6.92 Å². The highest BCUT2D eigenvalue weighted by Gasteiger charge is 2.54. The topological polar surface area (TPSA) is 414 Å². The molecule has 0 radical (unpaired) electrons. The molecule has 23 nitrogen and oxygen atoms in total. The molecule has 282 valence electrons. The molecule has 0 bridgehead atoms. The van der Waals surface area contributed by atoms with Crippen LogP contribution in [0.4, 0.5) is 0 Å². The number of carboxylic acids is 1. The van der Waals surface area contributed by atoms with Gasteiger partial charge in [-0.3, -0.25) is 9.59 Å². The molecule has 2 fully saturated rings. The normalized spacial score (nSPS) is 33.8. The number of carboxylic acid groups (broad SMARTS) is 1. The molecule has 0 aromatic heterocycles. The van der Waals surface area contributed by atoms with Crippen molar-refractivity contribution in [2.75, 3.05) is 19.8 Å². The lowest BCUT2D eigenvalue weighted by Gasteiger charge is -2.44. The van der Waals surface area contributed by atoms with Crippen molar-refractivity contribution in [3.63, 3.8) is 0 Å². The van der Waals surface area contributed by atoms with E-state index in [9.17, 15) is 54.9 Å². The molecule has 0 aromatic carbocycles. The number of aliphatic hydroxyl groups is 14. The first-order chi connectivity index (χ1) is 22.1. The minimum atomic E-state index is -2.78. The van der Waals surface area contributed by atoms with Gasteiger partial charge in [-0.05, 0) is 0 Å². The van der Waals surface area contributed by atoms with Gasteiger partial charge in [0.15, 0.2) is 12.6 Å². The number of carbonyl (C=O) groups is 4. The Morgan fingerprint density at radius 1 is 0.833 bits per heavy atom. The Morgan fingerprint density at radius 3 is 1.75 bits per heavy atom. The number of amides is 2. The van der Waals surface area contributed by atoms with Gasteiger partial charge in [0.1, 0.15) is 67.1 Å². The average Bonchev–Trinajstić information content (AvgIpc) is 3.03. The van der Waals surface area contributed by atoms with Crippen LogP contribution in [0.25, 0.3) is 0 Å². The Bertz CT molecular complexity index is 1010. The Hall–Kier alpha value is -2.56. The molecule has 23 heteroatoms. The molecule has 15 atom stereocenters. The predicted molar refractivity (Wildman–Crippen MR) is 150 cm³/mol. The third kappa shape index (κ3) is 13.0. The summed E-state index contributed by atoms with van der Waals surface area (Å²) in [5.74, 6) is -5.64. The van der Waals surface area contributed by atoms with Gasteiger partial charge in [-0.25, -0.2) is 4.79 Å². The van der Waals surface area contributed by atoms with Gasteiger partial charge in [0.2, 0.25) is 11.8 Å². The van der Waals surface area contributed by atoms with Crippen molar-refractivity contribution >= 4 is 24.1 Å². The number of aldehydes is 1. The monoisotopic (exact) mass is 710 g/mol. The first-order valence-electron chi connectivity index (χ1n) is 14.1. The fourth-order valence-electron chi connectivity index (χ4n) is 4.24. The Labute approximate surface area is 271 Å². The van der Waals surface area contributed by atoms with Gasteiger partial charge in [0, 0.05) is 20.3 Å². The summed E-state index contributed by atoms with van der Waals surface area (Å²) in [6.45, 7) is 0.182. The van der Waals surface area contributed by atoms with Crippen molar-refractivity contribution in [1.29, 1.82) is 0 Å². The largest absolute Gasteiger partial charge is 0.477 e. The molecule has 0 aliphatic carbocycles. The van der Waals surface area contributed by atoms with Crippen LogP contribution in [0.15, 0.2) is 0 Å². The molecule has 2 aliphatic heterocycles. The van der Waals surface area contributed by atoms with Crippen LogP contribution in [0.2, 0.25) is 0 Å². The van der Waals surface area contributed by atoms with Gasteiger partial charge < -0.3 is 101 Å². The number of carbonyl (C=O) groups excluding carboxylic acids is 3. The van der Waals surface area contributed by atoms with Gasteiger partial charge in [0.25, 0.3) is 5.79 Å². The summed E-state index contributed by atoms with van der Waals surface area (Å²) in [6.07, 6.45) is -19.6. The second-order valence-electron chi connectivity index (χ2n) is 10.7. The van der Waals surface area contributed by atoms with E-state index in [0.717, 1.165) is 6.92 Å². The summed E-state index contributed by atoms with van der Waals surface area (Å²) in [5, 5.41) is 142. The highest BCUT2D eigenvalue weighted by atomic mass is 16.7. The SMILES string of the molecule is CC(=O)N[C@H]1C(O)O[C@H](CO)[C@H](O)[C@@H]1O.CC(=O)N[C@H]1[C@H]([C@H](O)[C@H](O)CO)OC(O)(C(=O)O)C[C@@H]1O.O=C[C@H](O)[C@@H](O)[C@@H](O)[C@H](O)CO. The maximum absolute atomic E-state index is 11.1. The van der Waals surface area contributed by atoms with Gasteiger partial charge >= 0.3 is 5.97 Å². The predicted octanol–water partition coefficient (Wildman–Crippen LogP) is -10.3. The zero-order valence-corrected chi connectivity index (χ0v) is 25.6. The number of nitrogens with one attached hydrogen (secondary N) is 2. The maximum atomic E-state index is 11.1. The smallest absolute Gasteiger partial charge is 0.364 e. The fraction of sp³-hybridized carbons (Fsp3) is 0.840. The van der Waals surface area contributed by atoms with Crippen molar-refractivity contribution < 1.29 is 105 Å². The first kappa shape index (κ1) is 45.4. The molecule has 48 heavy (non-hydrogen) atoms. The van der Waals surface area contributed by atoms with Crippen molar-refractivity contribution in [3.8, 4) is 0 Å².